The van der Waals surface area contributed by atoms with Gasteiger partial charge in [-0.3, -0.25) is 9.48 Å². The fraction of sp³-hybridized carbons (Fsp3) is 0.318. The first-order valence-corrected chi connectivity index (χ1v) is 11.2. The molecule has 32 heavy (non-hydrogen) atoms. The lowest BCUT2D eigenvalue weighted by molar-refractivity contribution is 0.102. The quantitative estimate of drug-likeness (QED) is 0.508. The lowest BCUT2D eigenvalue weighted by Crippen LogP contribution is -2.44. The molecule has 168 valence electrons. The molecule has 0 spiro atoms. The number of anilines is 1. The molecular weight excluding hydrogens is 433 g/mol. The number of urea groups is 1. The fourth-order valence-electron chi connectivity index (χ4n) is 3.79. The summed E-state index contributed by atoms with van der Waals surface area (Å²) in [5, 5.41) is 21.7. The van der Waals surface area contributed by atoms with Crippen LogP contribution in [0.1, 0.15) is 27.7 Å². The number of carbonyl (C=O) groups excluding carboxylic acids is 2. The standard InChI is InChI=1S/C22H24FN5O3S/c23-16-4-1-3-15(9-16)21(30)26-17-11-25-28(12-17)18-10-19(14-29)27(13-18)22(31)24-7-6-20-5-2-8-32-20/h1-5,8-9,11-12,18-19,29H,6-7,10,13-14H2,(H,24,31)(H,26,30)/t18-,19-/m0/s1. The zero-order valence-electron chi connectivity index (χ0n) is 17.3. The van der Waals surface area contributed by atoms with E-state index < -0.39 is 11.7 Å². The summed E-state index contributed by atoms with van der Waals surface area (Å²) in [5.41, 5.74) is 0.683. The Morgan fingerprint density at radius 3 is 2.91 bits per heavy atom. The summed E-state index contributed by atoms with van der Waals surface area (Å²) >= 11 is 1.65. The van der Waals surface area contributed by atoms with Crippen molar-refractivity contribution in [2.45, 2.75) is 24.9 Å². The van der Waals surface area contributed by atoms with Gasteiger partial charge in [0.15, 0.2) is 0 Å². The molecular formula is C22H24FN5O3S. The highest BCUT2D eigenvalue weighted by atomic mass is 32.1. The van der Waals surface area contributed by atoms with E-state index in [1.807, 2.05) is 17.5 Å². The molecule has 2 aromatic heterocycles. The minimum Gasteiger partial charge on any atom is -0.394 e. The third-order valence-electron chi connectivity index (χ3n) is 5.41. The van der Waals surface area contributed by atoms with Crippen LogP contribution in [0.15, 0.2) is 54.2 Å². The first kappa shape index (κ1) is 22.0. The van der Waals surface area contributed by atoms with E-state index in [4.69, 9.17) is 0 Å². The van der Waals surface area contributed by atoms with E-state index in [0.29, 0.717) is 25.2 Å². The maximum Gasteiger partial charge on any atom is 0.317 e. The summed E-state index contributed by atoms with van der Waals surface area (Å²) in [6.45, 7) is 0.783. The van der Waals surface area contributed by atoms with Crippen molar-refractivity contribution < 1.29 is 19.1 Å². The summed E-state index contributed by atoms with van der Waals surface area (Å²) in [6, 6.07) is 8.80. The zero-order chi connectivity index (χ0) is 22.5. The van der Waals surface area contributed by atoms with Gasteiger partial charge in [0.05, 0.1) is 30.6 Å². The van der Waals surface area contributed by atoms with Crippen molar-refractivity contribution in [3.8, 4) is 0 Å². The van der Waals surface area contributed by atoms with Crippen LogP contribution >= 0.6 is 11.3 Å². The van der Waals surface area contributed by atoms with Gasteiger partial charge in [0, 0.05) is 29.7 Å². The molecule has 3 amide bonds. The number of nitrogens with zero attached hydrogens (tertiary/aromatic N) is 3. The molecule has 1 aliphatic heterocycles. The number of amides is 3. The first-order chi connectivity index (χ1) is 15.5. The van der Waals surface area contributed by atoms with Crippen molar-refractivity contribution in [1.82, 2.24) is 20.0 Å². The number of hydrogen-bond acceptors (Lipinski definition) is 5. The largest absolute Gasteiger partial charge is 0.394 e. The van der Waals surface area contributed by atoms with Crippen LogP contribution in [0.5, 0.6) is 0 Å². The maximum atomic E-state index is 13.3. The Labute approximate surface area is 188 Å². The Kier molecular flexibility index (Phi) is 6.81. The lowest BCUT2D eigenvalue weighted by Gasteiger charge is -2.23. The van der Waals surface area contributed by atoms with Crippen molar-refractivity contribution in [3.05, 3.63) is 70.4 Å². The monoisotopic (exact) mass is 457 g/mol. The number of likely N-dealkylation sites (tertiary alicyclic amines) is 1. The third-order valence-corrected chi connectivity index (χ3v) is 6.35. The first-order valence-electron chi connectivity index (χ1n) is 10.3. The molecule has 8 nitrogen and oxygen atoms in total. The molecule has 0 saturated carbocycles. The summed E-state index contributed by atoms with van der Waals surface area (Å²) in [6.07, 6.45) is 4.50. The van der Waals surface area contributed by atoms with E-state index in [-0.39, 0.29) is 30.3 Å². The van der Waals surface area contributed by atoms with Gasteiger partial charge in [-0.2, -0.15) is 5.10 Å². The minimum atomic E-state index is -0.483. The number of hydrogen-bond donors (Lipinski definition) is 3. The van der Waals surface area contributed by atoms with E-state index >= 15 is 0 Å². The van der Waals surface area contributed by atoms with Gasteiger partial charge in [0.2, 0.25) is 0 Å². The Hall–Kier alpha value is -3.24. The molecule has 1 aromatic carbocycles. The summed E-state index contributed by atoms with van der Waals surface area (Å²) in [4.78, 5) is 27.8. The van der Waals surface area contributed by atoms with E-state index in [0.717, 1.165) is 12.5 Å². The molecule has 1 aliphatic rings. The SMILES string of the molecule is O=C(Nc1cnn([C@H]2C[C@@H](CO)N(C(=O)NCCc3cccs3)C2)c1)c1cccc(F)c1. The second-order valence-electron chi connectivity index (χ2n) is 7.61. The number of halogens is 1. The molecule has 0 bridgehead atoms. The number of aliphatic hydroxyl groups excluding tert-OH is 1. The number of rotatable bonds is 7. The van der Waals surface area contributed by atoms with Gasteiger partial charge in [-0.15, -0.1) is 11.3 Å². The Balaban J connectivity index is 1.34. The molecule has 10 heteroatoms. The summed E-state index contributed by atoms with van der Waals surface area (Å²) in [5.74, 6) is -0.918. The highest BCUT2D eigenvalue weighted by Crippen LogP contribution is 2.28. The molecule has 3 aromatic rings. The summed E-state index contributed by atoms with van der Waals surface area (Å²) in [7, 11) is 0. The van der Waals surface area contributed by atoms with Crippen molar-refractivity contribution in [2.24, 2.45) is 0 Å². The molecule has 3 N–H and O–H groups in total. The van der Waals surface area contributed by atoms with Crippen molar-refractivity contribution in [3.63, 3.8) is 0 Å². The maximum absolute atomic E-state index is 13.3. The predicted molar refractivity (Wildman–Crippen MR) is 119 cm³/mol. The van der Waals surface area contributed by atoms with Crippen LogP contribution in [0.2, 0.25) is 0 Å². The normalized spacial score (nSPS) is 18.0. The summed E-state index contributed by atoms with van der Waals surface area (Å²) < 4.78 is 15.0. The average Bonchev–Trinajstić information content (AvgIpc) is 3.54. The topological polar surface area (TPSA) is 99.5 Å². The number of aromatic nitrogens is 2. The van der Waals surface area contributed by atoms with Gasteiger partial charge in [0.1, 0.15) is 5.82 Å². The number of aliphatic hydroxyl groups is 1. The van der Waals surface area contributed by atoms with Crippen LogP contribution in [0.25, 0.3) is 0 Å². The van der Waals surface area contributed by atoms with Gasteiger partial charge >= 0.3 is 6.03 Å². The highest BCUT2D eigenvalue weighted by molar-refractivity contribution is 7.09. The molecule has 4 rings (SSSR count). The van der Waals surface area contributed by atoms with E-state index in [1.54, 1.807) is 27.1 Å². The highest BCUT2D eigenvalue weighted by Gasteiger charge is 2.36. The van der Waals surface area contributed by atoms with Crippen LogP contribution in [-0.4, -0.2) is 57.5 Å². The van der Waals surface area contributed by atoms with Crippen LogP contribution in [-0.2, 0) is 6.42 Å². The number of benzene rings is 1. The van der Waals surface area contributed by atoms with E-state index in [1.165, 1.54) is 29.3 Å². The second-order valence-corrected chi connectivity index (χ2v) is 8.65. The van der Waals surface area contributed by atoms with Gasteiger partial charge in [-0.25, -0.2) is 9.18 Å². The van der Waals surface area contributed by atoms with E-state index in [9.17, 15) is 19.1 Å². The molecule has 2 atom stereocenters. The van der Waals surface area contributed by atoms with Gasteiger partial charge in [-0.1, -0.05) is 12.1 Å². The number of carbonyl (C=O) groups is 2. The average molecular weight is 458 g/mol. The molecule has 1 fully saturated rings. The van der Waals surface area contributed by atoms with Gasteiger partial charge in [-0.05, 0) is 42.5 Å². The van der Waals surface area contributed by atoms with Crippen molar-refractivity contribution in [2.75, 3.05) is 25.0 Å². The minimum absolute atomic E-state index is 0.130. The number of nitrogens with one attached hydrogen (secondary N) is 2. The van der Waals surface area contributed by atoms with Crippen molar-refractivity contribution in [1.29, 1.82) is 0 Å². The van der Waals surface area contributed by atoms with Crippen LogP contribution in [0.3, 0.4) is 0 Å². The van der Waals surface area contributed by atoms with Crippen molar-refractivity contribution >= 4 is 29.0 Å². The molecule has 0 radical (unpaired) electrons. The predicted octanol–water partition coefficient (Wildman–Crippen LogP) is 2.90. The molecule has 0 aliphatic carbocycles. The van der Waals surface area contributed by atoms with Gasteiger partial charge in [0.25, 0.3) is 5.91 Å². The van der Waals surface area contributed by atoms with Crippen LogP contribution < -0.4 is 10.6 Å². The fourth-order valence-corrected chi connectivity index (χ4v) is 4.50. The Morgan fingerprint density at radius 1 is 1.28 bits per heavy atom. The number of thiophene rings is 1. The van der Waals surface area contributed by atoms with Crippen LogP contribution in [0.4, 0.5) is 14.9 Å². The molecule has 0 unspecified atom stereocenters. The molecule has 3 heterocycles. The van der Waals surface area contributed by atoms with E-state index in [2.05, 4.69) is 15.7 Å². The Bertz CT molecular complexity index is 1070. The Morgan fingerprint density at radius 2 is 2.16 bits per heavy atom. The lowest BCUT2D eigenvalue weighted by atomic mass is 10.2. The zero-order valence-corrected chi connectivity index (χ0v) is 18.1. The smallest absolute Gasteiger partial charge is 0.317 e. The molecule has 1 saturated heterocycles. The second kappa shape index (κ2) is 9.92. The third kappa shape index (κ3) is 5.14. The van der Waals surface area contributed by atoms with Gasteiger partial charge < -0.3 is 20.6 Å². The van der Waals surface area contributed by atoms with Crippen LogP contribution in [0, 0.1) is 5.82 Å².